The fourth-order valence-corrected chi connectivity index (χ4v) is 2.86. The lowest BCUT2D eigenvalue weighted by Crippen LogP contribution is -2.31. The molecule has 3 heteroatoms. The van der Waals surface area contributed by atoms with Gasteiger partial charge in [-0.05, 0) is 32.3 Å². The third kappa shape index (κ3) is 3.52. The molecular weight excluding hydrogens is 264 g/mol. The maximum atomic E-state index is 12.5. The van der Waals surface area contributed by atoms with Crippen molar-refractivity contribution >= 4 is 11.8 Å². The number of carbonyl (C=O) groups excluding carboxylic acids is 2. The zero-order chi connectivity index (χ0) is 15.5. The Morgan fingerprint density at radius 3 is 2.81 bits per heavy atom. The summed E-state index contributed by atoms with van der Waals surface area (Å²) in [5.74, 6) is -0.0940. The first-order valence-corrected chi connectivity index (χ1v) is 7.76. The quantitative estimate of drug-likeness (QED) is 0.589. The molecule has 2 rings (SSSR count). The number of ether oxygens (including phenoxy) is 1. The van der Waals surface area contributed by atoms with E-state index >= 15 is 0 Å². The molecule has 0 amide bonds. The van der Waals surface area contributed by atoms with Gasteiger partial charge in [0.1, 0.15) is 6.61 Å². The summed E-state index contributed by atoms with van der Waals surface area (Å²) in [6, 6.07) is 5.90. The smallest absolute Gasteiger partial charge is 0.305 e. The van der Waals surface area contributed by atoms with Gasteiger partial charge in [0, 0.05) is 12.0 Å². The van der Waals surface area contributed by atoms with Crippen molar-refractivity contribution < 1.29 is 14.3 Å². The van der Waals surface area contributed by atoms with Gasteiger partial charge in [0.25, 0.3) is 0 Å². The van der Waals surface area contributed by atoms with Gasteiger partial charge in [0.15, 0.2) is 5.78 Å². The maximum absolute atomic E-state index is 12.5. The van der Waals surface area contributed by atoms with Crippen molar-refractivity contribution in [3.8, 4) is 0 Å². The van der Waals surface area contributed by atoms with Crippen LogP contribution in [0.2, 0.25) is 0 Å². The van der Waals surface area contributed by atoms with Gasteiger partial charge in [-0.1, -0.05) is 43.5 Å². The maximum Gasteiger partial charge on any atom is 0.305 e. The number of hydrogen-bond acceptors (Lipinski definition) is 3. The third-order valence-corrected chi connectivity index (χ3v) is 4.17. The summed E-state index contributed by atoms with van der Waals surface area (Å²) in [4.78, 5) is 24.2. The molecule has 1 aliphatic carbocycles. The Morgan fingerprint density at radius 2 is 2.10 bits per heavy atom. The van der Waals surface area contributed by atoms with E-state index in [9.17, 15) is 9.59 Å². The highest BCUT2D eigenvalue weighted by molar-refractivity contribution is 6.05. The number of aryl methyl sites for hydroxylation is 1. The van der Waals surface area contributed by atoms with Crippen molar-refractivity contribution in [2.24, 2.45) is 5.41 Å². The van der Waals surface area contributed by atoms with Gasteiger partial charge in [-0.15, -0.1) is 0 Å². The minimum absolute atomic E-state index is 0.0962. The molecule has 0 N–H and O–H groups in total. The molecule has 0 saturated heterocycles. The summed E-state index contributed by atoms with van der Waals surface area (Å²) in [7, 11) is 0. The topological polar surface area (TPSA) is 43.4 Å². The zero-order valence-corrected chi connectivity index (χ0v) is 13.2. The molecule has 0 radical (unpaired) electrons. The van der Waals surface area contributed by atoms with Crippen LogP contribution in [-0.2, 0) is 16.0 Å². The molecule has 1 atom stereocenters. The van der Waals surface area contributed by atoms with E-state index in [2.05, 4.69) is 13.0 Å². The van der Waals surface area contributed by atoms with Crippen molar-refractivity contribution in [2.45, 2.75) is 52.9 Å². The molecule has 0 bridgehead atoms. The Morgan fingerprint density at radius 1 is 1.33 bits per heavy atom. The van der Waals surface area contributed by atoms with Gasteiger partial charge >= 0.3 is 5.97 Å². The predicted molar refractivity (Wildman–Crippen MR) is 82.4 cm³/mol. The molecule has 21 heavy (non-hydrogen) atoms. The van der Waals surface area contributed by atoms with E-state index in [1.54, 1.807) is 0 Å². The Balaban J connectivity index is 1.95. The summed E-state index contributed by atoms with van der Waals surface area (Å²) in [5.41, 5.74) is 2.41. The highest BCUT2D eigenvalue weighted by Crippen LogP contribution is 2.37. The predicted octanol–water partition coefficient (Wildman–Crippen LogP) is 3.86. The molecule has 114 valence electrons. The third-order valence-electron chi connectivity index (χ3n) is 4.17. The first-order valence-electron chi connectivity index (χ1n) is 7.76. The minimum atomic E-state index is -0.601. The van der Waals surface area contributed by atoms with Crippen LogP contribution in [0.3, 0.4) is 0 Å². The largest absolute Gasteiger partial charge is 0.465 e. The van der Waals surface area contributed by atoms with Crippen LogP contribution in [0, 0.1) is 12.3 Å². The first-order chi connectivity index (χ1) is 9.96. The van der Waals surface area contributed by atoms with Crippen molar-refractivity contribution in [1.82, 2.24) is 0 Å². The van der Waals surface area contributed by atoms with Crippen LogP contribution in [0.15, 0.2) is 18.2 Å². The number of Topliss-reactive ketones (excluding diaryl/α,β-unsaturated/α-hetero) is 1. The summed E-state index contributed by atoms with van der Waals surface area (Å²) in [6.07, 6.45) is 4.09. The molecule has 1 aliphatic rings. The highest BCUT2D eigenvalue weighted by atomic mass is 16.5. The monoisotopic (exact) mass is 288 g/mol. The van der Waals surface area contributed by atoms with Crippen LogP contribution in [0.4, 0.5) is 0 Å². The van der Waals surface area contributed by atoms with Crippen molar-refractivity contribution in [3.05, 3.63) is 34.9 Å². The molecule has 3 nitrogen and oxygen atoms in total. The summed E-state index contributed by atoms with van der Waals surface area (Å²) >= 11 is 0. The number of rotatable bonds is 6. The van der Waals surface area contributed by atoms with Crippen LogP contribution >= 0.6 is 0 Å². The summed E-state index contributed by atoms with van der Waals surface area (Å²) in [6.45, 7) is 6.20. The van der Waals surface area contributed by atoms with E-state index in [0.29, 0.717) is 12.8 Å². The molecule has 0 spiro atoms. The number of ketones is 1. The van der Waals surface area contributed by atoms with E-state index in [0.717, 1.165) is 36.0 Å². The van der Waals surface area contributed by atoms with E-state index in [-0.39, 0.29) is 18.4 Å². The SMILES string of the molecule is CCCCCC(=O)OCC1(C)Cc2cc(C)ccc2C1=O. The Bertz CT molecular complexity index is 547. The zero-order valence-electron chi connectivity index (χ0n) is 13.2. The van der Waals surface area contributed by atoms with Crippen molar-refractivity contribution in [2.75, 3.05) is 6.61 Å². The van der Waals surface area contributed by atoms with Gasteiger partial charge in [-0.2, -0.15) is 0 Å². The lowest BCUT2D eigenvalue weighted by atomic mass is 9.87. The van der Waals surface area contributed by atoms with Crippen LogP contribution in [0.25, 0.3) is 0 Å². The molecule has 0 aromatic heterocycles. The van der Waals surface area contributed by atoms with Gasteiger partial charge < -0.3 is 4.74 Å². The van der Waals surface area contributed by atoms with Crippen LogP contribution in [0.1, 0.15) is 61.0 Å². The van der Waals surface area contributed by atoms with Gasteiger partial charge in [-0.25, -0.2) is 0 Å². The fourth-order valence-electron chi connectivity index (χ4n) is 2.86. The Kier molecular flexibility index (Phi) is 4.81. The second kappa shape index (κ2) is 6.42. The number of unbranched alkanes of at least 4 members (excludes halogenated alkanes) is 2. The number of benzene rings is 1. The lowest BCUT2D eigenvalue weighted by Gasteiger charge is -2.21. The number of hydrogen-bond donors (Lipinski definition) is 0. The second-order valence-electron chi connectivity index (χ2n) is 6.34. The Labute approximate surface area is 126 Å². The van der Waals surface area contributed by atoms with Crippen LogP contribution in [0.5, 0.6) is 0 Å². The van der Waals surface area contributed by atoms with Gasteiger partial charge in [0.2, 0.25) is 0 Å². The normalized spacial score (nSPS) is 20.4. The Hall–Kier alpha value is -1.64. The average molecular weight is 288 g/mol. The van der Waals surface area contributed by atoms with Crippen LogP contribution in [-0.4, -0.2) is 18.4 Å². The van der Waals surface area contributed by atoms with Crippen LogP contribution < -0.4 is 0 Å². The summed E-state index contributed by atoms with van der Waals surface area (Å²) in [5, 5.41) is 0. The van der Waals surface area contributed by atoms with E-state index in [1.165, 1.54) is 0 Å². The van der Waals surface area contributed by atoms with Gasteiger partial charge in [0.05, 0.1) is 5.41 Å². The van der Waals surface area contributed by atoms with Crippen molar-refractivity contribution in [1.29, 1.82) is 0 Å². The molecule has 0 heterocycles. The number of esters is 1. The lowest BCUT2D eigenvalue weighted by molar-refractivity contribution is -0.146. The first kappa shape index (κ1) is 15.7. The van der Waals surface area contributed by atoms with Crippen molar-refractivity contribution in [3.63, 3.8) is 0 Å². The van der Waals surface area contributed by atoms with E-state index < -0.39 is 5.41 Å². The second-order valence-corrected chi connectivity index (χ2v) is 6.34. The standard InChI is InChI=1S/C18H24O3/c1-4-5-6-7-16(19)21-12-18(3)11-14-10-13(2)8-9-15(14)17(18)20/h8-10H,4-7,11-12H2,1-3H3. The fraction of sp³-hybridized carbons (Fsp3) is 0.556. The molecule has 0 fully saturated rings. The average Bonchev–Trinajstić information content (AvgIpc) is 2.69. The molecule has 0 saturated carbocycles. The van der Waals surface area contributed by atoms with E-state index in [1.807, 2.05) is 26.0 Å². The minimum Gasteiger partial charge on any atom is -0.465 e. The number of fused-ring (bicyclic) bond motifs is 1. The highest BCUT2D eigenvalue weighted by Gasteiger charge is 2.42. The summed E-state index contributed by atoms with van der Waals surface area (Å²) < 4.78 is 5.35. The molecule has 1 aromatic carbocycles. The molecule has 1 unspecified atom stereocenters. The number of carbonyl (C=O) groups is 2. The van der Waals surface area contributed by atoms with E-state index in [4.69, 9.17) is 4.74 Å². The molecular formula is C18H24O3. The van der Waals surface area contributed by atoms with Gasteiger partial charge in [-0.3, -0.25) is 9.59 Å². The molecule has 0 aliphatic heterocycles. The molecule has 1 aromatic rings.